The highest BCUT2D eigenvalue weighted by Crippen LogP contribution is 2.23. The molecule has 0 unspecified atom stereocenters. The molecule has 1 fully saturated rings. The standard InChI is InChI=1S/C22H26N4O/c1-16-6-2-3-7-17(16)10-13-23-21(27)18-11-14-26(15-12-18)22-24-19-8-4-5-9-20(19)25-22/h2-9,18H,10-15H2,1H3,(H,23,27)(H,24,25). The van der Waals surface area contributed by atoms with Crippen LogP contribution in [0.5, 0.6) is 0 Å². The smallest absolute Gasteiger partial charge is 0.223 e. The molecule has 0 atom stereocenters. The fourth-order valence-corrected chi connectivity index (χ4v) is 3.80. The van der Waals surface area contributed by atoms with Crippen molar-refractivity contribution < 1.29 is 4.79 Å². The number of H-pyrrole nitrogens is 1. The van der Waals surface area contributed by atoms with E-state index in [4.69, 9.17) is 0 Å². The molecule has 0 aliphatic carbocycles. The van der Waals surface area contributed by atoms with Crippen molar-refractivity contribution in [1.82, 2.24) is 15.3 Å². The van der Waals surface area contributed by atoms with Crippen molar-refractivity contribution in [2.75, 3.05) is 24.5 Å². The highest BCUT2D eigenvalue weighted by atomic mass is 16.1. The van der Waals surface area contributed by atoms with Crippen LogP contribution >= 0.6 is 0 Å². The number of imidazole rings is 1. The average molecular weight is 362 g/mol. The number of rotatable bonds is 5. The molecule has 0 radical (unpaired) electrons. The van der Waals surface area contributed by atoms with E-state index in [0.717, 1.165) is 49.3 Å². The monoisotopic (exact) mass is 362 g/mol. The lowest BCUT2D eigenvalue weighted by molar-refractivity contribution is -0.125. The number of nitrogens with one attached hydrogen (secondary N) is 2. The molecule has 2 heterocycles. The van der Waals surface area contributed by atoms with E-state index in [1.807, 2.05) is 30.3 Å². The number of fused-ring (bicyclic) bond motifs is 1. The summed E-state index contributed by atoms with van der Waals surface area (Å²) in [7, 11) is 0. The zero-order chi connectivity index (χ0) is 18.6. The third kappa shape index (κ3) is 3.97. The molecule has 27 heavy (non-hydrogen) atoms. The summed E-state index contributed by atoms with van der Waals surface area (Å²) in [4.78, 5) is 22.8. The Morgan fingerprint density at radius 3 is 2.67 bits per heavy atom. The van der Waals surface area contributed by atoms with E-state index in [1.54, 1.807) is 0 Å². The van der Waals surface area contributed by atoms with Crippen LogP contribution in [0.25, 0.3) is 11.0 Å². The van der Waals surface area contributed by atoms with Gasteiger partial charge in [0.15, 0.2) is 0 Å². The number of aromatic amines is 1. The molecule has 2 N–H and O–H groups in total. The predicted molar refractivity (Wildman–Crippen MR) is 109 cm³/mol. The SMILES string of the molecule is Cc1ccccc1CCNC(=O)C1CCN(c2nc3ccccc3[nH]2)CC1. The van der Waals surface area contributed by atoms with Crippen LogP contribution in [0.2, 0.25) is 0 Å². The van der Waals surface area contributed by atoms with Gasteiger partial charge in [-0.15, -0.1) is 0 Å². The Labute approximate surface area is 159 Å². The Hall–Kier alpha value is -2.82. The first-order valence-corrected chi connectivity index (χ1v) is 9.72. The van der Waals surface area contributed by atoms with Gasteiger partial charge in [-0.1, -0.05) is 36.4 Å². The average Bonchev–Trinajstić information content (AvgIpc) is 3.14. The highest BCUT2D eigenvalue weighted by molar-refractivity contribution is 5.79. The third-order valence-corrected chi connectivity index (χ3v) is 5.50. The molecule has 1 saturated heterocycles. The second-order valence-electron chi connectivity index (χ2n) is 7.31. The first-order valence-electron chi connectivity index (χ1n) is 9.72. The Morgan fingerprint density at radius 1 is 1.15 bits per heavy atom. The van der Waals surface area contributed by atoms with Gasteiger partial charge in [-0.3, -0.25) is 4.79 Å². The summed E-state index contributed by atoms with van der Waals surface area (Å²) in [6.07, 6.45) is 2.62. The molecule has 0 spiro atoms. The van der Waals surface area contributed by atoms with E-state index in [1.165, 1.54) is 11.1 Å². The van der Waals surface area contributed by atoms with Gasteiger partial charge < -0.3 is 15.2 Å². The summed E-state index contributed by atoms with van der Waals surface area (Å²) < 4.78 is 0. The van der Waals surface area contributed by atoms with Crippen LogP contribution in [0.15, 0.2) is 48.5 Å². The number of amides is 1. The van der Waals surface area contributed by atoms with E-state index in [-0.39, 0.29) is 11.8 Å². The summed E-state index contributed by atoms with van der Waals surface area (Å²) >= 11 is 0. The highest BCUT2D eigenvalue weighted by Gasteiger charge is 2.26. The number of aryl methyl sites for hydroxylation is 1. The number of aromatic nitrogens is 2. The summed E-state index contributed by atoms with van der Waals surface area (Å²) in [6.45, 7) is 4.53. The van der Waals surface area contributed by atoms with E-state index in [9.17, 15) is 4.79 Å². The Balaban J connectivity index is 1.27. The van der Waals surface area contributed by atoms with E-state index in [0.29, 0.717) is 6.54 Å². The van der Waals surface area contributed by atoms with Crippen LogP contribution in [-0.2, 0) is 11.2 Å². The lowest BCUT2D eigenvalue weighted by atomic mass is 9.96. The fourth-order valence-electron chi connectivity index (χ4n) is 3.80. The third-order valence-electron chi connectivity index (χ3n) is 5.50. The zero-order valence-corrected chi connectivity index (χ0v) is 15.7. The molecule has 5 heteroatoms. The second kappa shape index (κ2) is 7.82. The van der Waals surface area contributed by atoms with Crippen LogP contribution in [-0.4, -0.2) is 35.5 Å². The van der Waals surface area contributed by atoms with Crippen LogP contribution < -0.4 is 10.2 Å². The van der Waals surface area contributed by atoms with E-state index < -0.39 is 0 Å². The lowest BCUT2D eigenvalue weighted by Crippen LogP contribution is -2.41. The molecule has 0 bridgehead atoms. The molecule has 1 aliphatic rings. The maximum absolute atomic E-state index is 12.5. The van der Waals surface area contributed by atoms with E-state index in [2.05, 4.69) is 45.3 Å². The van der Waals surface area contributed by atoms with Gasteiger partial charge in [0.05, 0.1) is 11.0 Å². The molecule has 140 valence electrons. The van der Waals surface area contributed by atoms with Gasteiger partial charge in [0.2, 0.25) is 11.9 Å². The topological polar surface area (TPSA) is 61.0 Å². The van der Waals surface area contributed by atoms with Crippen molar-refractivity contribution >= 4 is 22.9 Å². The van der Waals surface area contributed by atoms with Crippen molar-refractivity contribution in [2.24, 2.45) is 5.92 Å². The predicted octanol–water partition coefficient (Wildman–Crippen LogP) is 3.45. The minimum absolute atomic E-state index is 0.0995. The molecule has 1 aliphatic heterocycles. The maximum atomic E-state index is 12.5. The number of anilines is 1. The van der Waals surface area contributed by atoms with Crippen LogP contribution in [0.1, 0.15) is 24.0 Å². The molecule has 5 nitrogen and oxygen atoms in total. The summed E-state index contributed by atoms with van der Waals surface area (Å²) in [6, 6.07) is 16.4. The minimum atomic E-state index is 0.0995. The van der Waals surface area contributed by atoms with Gasteiger partial charge in [0.25, 0.3) is 0 Å². The first kappa shape index (κ1) is 17.6. The van der Waals surface area contributed by atoms with Gasteiger partial charge in [-0.2, -0.15) is 0 Å². The van der Waals surface area contributed by atoms with Gasteiger partial charge >= 0.3 is 0 Å². The lowest BCUT2D eigenvalue weighted by Gasteiger charge is -2.31. The molecule has 1 amide bonds. The molecular formula is C22H26N4O. The van der Waals surface area contributed by atoms with Crippen molar-refractivity contribution in [1.29, 1.82) is 0 Å². The Morgan fingerprint density at radius 2 is 1.89 bits per heavy atom. The number of carbonyl (C=O) groups excluding carboxylic acids is 1. The number of nitrogens with zero attached hydrogens (tertiary/aromatic N) is 2. The number of hydrogen-bond donors (Lipinski definition) is 2. The van der Waals surface area contributed by atoms with Crippen molar-refractivity contribution in [2.45, 2.75) is 26.2 Å². The number of carbonyl (C=O) groups is 1. The van der Waals surface area contributed by atoms with Crippen molar-refractivity contribution in [3.05, 3.63) is 59.7 Å². The first-order chi connectivity index (χ1) is 13.2. The van der Waals surface area contributed by atoms with Crippen molar-refractivity contribution in [3.63, 3.8) is 0 Å². The Kier molecular flexibility index (Phi) is 5.10. The summed E-state index contributed by atoms with van der Waals surface area (Å²) in [5.41, 5.74) is 4.63. The molecule has 3 aromatic rings. The normalized spacial score (nSPS) is 15.2. The van der Waals surface area contributed by atoms with Gasteiger partial charge in [0.1, 0.15) is 0 Å². The Bertz CT molecular complexity index is 892. The largest absolute Gasteiger partial charge is 0.356 e. The molecular weight excluding hydrogens is 336 g/mol. The van der Waals surface area contributed by atoms with Crippen LogP contribution in [0.3, 0.4) is 0 Å². The number of benzene rings is 2. The molecule has 1 aromatic heterocycles. The quantitative estimate of drug-likeness (QED) is 0.731. The molecule has 4 rings (SSSR count). The summed E-state index contributed by atoms with van der Waals surface area (Å²) in [5.74, 6) is 1.20. The second-order valence-corrected chi connectivity index (χ2v) is 7.31. The van der Waals surface area contributed by atoms with Gasteiger partial charge in [0, 0.05) is 25.6 Å². The van der Waals surface area contributed by atoms with Crippen LogP contribution in [0.4, 0.5) is 5.95 Å². The summed E-state index contributed by atoms with van der Waals surface area (Å²) in [5, 5.41) is 3.12. The minimum Gasteiger partial charge on any atom is -0.356 e. The molecule has 0 saturated carbocycles. The van der Waals surface area contributed by atoms with E-state index >= 15 is 0 Å². The number of para-hydroxylation sites is 2. The zero-order valence-electron chi connectivity index (χ0n) is 15.7. The van der Waals surface area contributed by atoms with Gasteiger partial charge in [-0.25, -0.2) is 4.98 Å². The van der Waals surface area contributed by atoms with Crippen molar-refractivity contribution in [3.8, 4) is 0 Å². The molecule has 2 aromatic carbocycles. The fraction of sp³-hybridized carbons (Fsp3) is 0.364. The number of hydrogen-bond acceptors (Lipinski definition) is 3. The van der Waals surface area contributed by atoms with Crippen LogP contribution in [0, 0.1) is 12.8 Å². The van der Waals surface area contributed by atoms with Gasteiger partial charge in [-0.05, 0) is 49.4 Å². The number of piperidine rings is 1. The maximum Gasteiger partial charge on any atom is 0.223 e.